The summed E-state index contributed by atoms with van der Waals surface area (Å²) in [5, 5.41) is 0. The Kier molecular flexibility index (Phi) is 4.31. The Morgan fingerprint density at radius 2 is 1.28 bits per heavy atom. The molecule has 4 rings (SSSR count). The number of para-hydroxylation sites is 2. The minimum atomic E-state index is -0.317. The van der Waals surface area contributed by atoms with Crippen molar-refractivity contribution in [2.24, 2.45) is 0 Å². The molecule has 0 saturated heterocycles. The van der Waals surface area contributed by atoms with Crippen LogP contribution < -0.4 is 9.80 Å². The van der Waals surface area contributed by atoms with Crippen LogP contribution in [-0.2, 0) is 4.74 Å². The maximum atomic E-state index is 6.24. The number of anilines is 4. The third-order valence-corrected chi connectivity index (χ3v) is 4.10. The minimum Gasteiger partial charge on any atom is -0.340 e. The third kappa shape index (κ3) is 2.83. The lowest BCUT2D eigenvalue weighted by Gasteiger charge is -2.31. The zero-order valence-corrected chi connectivity index (χ0v) is 14.1. The second kappa shape index (κ2) is 6.91. The van der Waals surface area contributed by atoms with Gasteiger partial charge in [-0.05, 0) is 30.7 Å². The van der Waals surface area contributed by atoms with Gasteiger partial charge in [0.05, 0.1) is 6.61 Å². The lowest BCUT2D eigenvalue weighted by Crippen LogP contribution is -2.41. The fraction of sp³-hybridized carbons (Fsp3) is 0.200. The second-order valence-corrected chi connectivity index (χ2v) is 5.81. The molecule has 0 spiro atoms. The van der Waals surface area contributed by atoms with E-state index in [2.05, 4.69) is 51.0 Å². The van der Waals surface area contributed by atoms with Crippen molar-refractivity contribution in [3.05, 3.63) is 73.1 Å². The van der Waals surface area contributed by atoms with E-state index in [9.17, 15) is 0 Å². The Labute approximate surface area is 147 Å². The van der Waals surface area contributed by atoms with E-state index in [4.69, 9.17) is 4.74 Å². The Morgan fingerprint density at radius 3 is 1.72 bits per heavy atom. The molecule has 0 saturated carbocycles. The standard InChI is InChI=1S/C20H20N4O/c1-2-15-25-20-23(16-9-5-3-6-10-16)18-19(22-14-13-21-18)24(20)17-11-7-4-8-12-17/h3-14,20H,2,15H2,1H3. The molecule has 1 aliphatic rings. The van der Waals surface area contributed by atoms with E-state index in [1.807, 2.05) is 36.4 Å². The maximum absolute atomic E-state index is 6.24. The summed E-state index contributed by atoms with van der Waals surface area (Å²) in [6.07, 6.45) is 4.07. The summed E-state index contributed by atoms with van der Waals surface area (Å²) in [5.41, 5.74) is 2.06. The van der Waals surface area contributed by atoms with Gasteiger partial charge in [-0.25, -0.2) is 9.97 Å². The van der Waals surface area contributed by atoms with Crippen LogP contribution in [0.3, 0.4) is 0 Å². The number of aromatic nitrogens is 2. The Bertz CT molecular complexity index is 759. The van der Waals surface area contributed by atoms with Crippen LogP contribution in [0.4, 0.5) is 23.0 Å². The molecule has 0 fully saturated rings. The van der Waals surface area contributed by atoms with Crippen molar-refractivity contribution in [2.45, 2.75) is 19.7 Å². The van der Waals surface area contributed by atoms with E-state index >= 15 is 0 Å². The summed E-state index contributed by atoms with van der Waals surface area (Å²) in [6, 6.07) is 20.4. The zero-order chi connectivity index (χ0) is 17.1. The molecule has 1 aliphatic heterocycles. The zero-order valence-electron chi connectivity index (χ0n) is 14.1. The van der Waals surface area contributed by atoms with Crippen molar-refractivity contribution in [1.29, 1.82) is 0 Å². The van der Waals surface area contributed by atoms with Gasteiger partial charge in [0.25, 0.3) is 0 Å². The van der Waals surface area contributed by atoms with Gasteiger partial charge in [0.1, 0.15) is 0 Å². The molecule has 3 aromatic rings. The fourth-order valence-electron chi connectivity index (χ4n) is 3.04. The van der Waals surface area contributed by atoms with Gasteiger partial charge >= 0.3 is 0 Å². The molecule has 5 nitrogen and oxygen atoms in total. The highest BCUT2D eigenvalue weighted by molar-refractivity contribution is 5.82. The lowest BCUT2D eigenvalue weighted by molar-refractivity contribution is 0.0668. The molecule has 0 unspecified atom stereocenters. The summed E-state index contributed by atoms with van der Waals surface area (Å²) in [7, 11) is 0. The minimum absolute atomic E-state index is 0.317. The van der Waals surface area contributed by atoms with Gasteiger partial charge in [0.15, 0.2) is 11.6 Å². The summed E-state index contributed by atoms with van der Waals surface area (Å²) in [6.45, 7) is 2.77. The van der Waals surface area contributed by atoms with Crippen LogP contribution in [0.2, 0.25) is 0 Å². The predicted molar refractivity (Wildman–Crippen MR) is 99.2 cm³/mol. The maximum Gasteiger partial charge on any atom is 0.221 e. The van der Waals surface area contributed by atoms with Gasteiger partial charge in [-0.2, -0.15) is 0 Å². The normalized spacial score (nSPS) is 14.0. The molecule has 0 radical (unpaired) electrons. The molecule has 0 bridgehead atoms. The van der Waals surface area contributed by atoms with Crippen molar-refractivity contribution in [1.82, 2.24) is 9.97 Å². The lowest BCUT2D eigenvalue weighted by atomic mass is 10.3. The van der Waals surface area contributed by atoms with Gasteiger partial charge in [0, 0.05) is 23.8 Å². The molecule has 0 atom stereocenters. The van der Waals surface area contributed by atoms with E-state index in [0.29, 0.717) is 6.61 Å². The number of hydrogen-bond donors (Lipinski definition) is 0. The highest BCUT2D eigenvalue weighted by atomic mass is 16.5. The fourth-order valence-corrected chi connectivity index (χ4v) is 3.04. The van der Waals surface area contributed by atoms with Crippen molar-refractivity contribution < 1.29 is 4.74 Å². The van der Waals surface area contributed by atoms with Gasteiger partial charge in [0.2, 0.25) is 6.35 Å². The van der Waals surface area contributed by atoms with E-state index in [-0.39, 0.29) is 6.35 Å². The molecule has 0 aliphatic carbocycles. The van der Waals surface area contributed by atoms with Crippen molar-refractivity contribution in [3.63, 3.8) is 0 Å². The highest BCUT2D eigenvalue weighted by Crippen LogP contribution is 2.45. The van der Waals surface area contributed by atoms with Crippen LogP contribution >= 0.6 is 0 Å². The first-order chi connectivity index (χ1) is 12.4. The molecule has 0 N–H and O–H groups in total. The van der Waals surface area contributed by atoms with Gasteiger partial charge in [-0.1, -0.05) is 43.3 Å². The molecular weight excluding hydrogens is 312 g/mol. The van der Waals surface area contributed by atoms with E-state index < -0.39 is 0 Å². The predicted octanol–water partition coefficient (Wildman–Crippen LogP) is 4.48. The summed E-state index contributed by atoms with van der Waals surface area (Å²) >= 11 is 0. The van der Waals surface area contributed by atoms with Crippen LogP contribution in [0.25, 0.3) is 0 Å². The number of fused-ring (bicyclic) bond motifs is 1. The van der Waals surface area contributed by atoms with Crippen molar-refractivity contribution in [3.8, 4) is 0 Å². The van der Waals surface area contributed by atoms with Crippen LogP contribution in [0.1, 0.15) is 13.3 Å². The Balaban J connectivity index is 1.85. The van der Waals surface area contributed by atoms with Crippen LogP contribution in [0.15, 0.2) is 73.1 Å². The molecule has 2 heterocycles. The second-order valence-electron chi connectivity index (χ2n) is 5.81. The first-order valence-electron chi connectivity index (χ1n) is 8.51. The van der Waals surface area contributed by atoms with Crippen LogP contribution in [0.5, 0.6) is 0 Å². The summed E-state index contributed by atoms with van der Waals surface area (Å²) in [4.78, 5) is 13.4. The SMILES string of the molecule is CCCOC1N(c2ccccc2)c2nccnc2N1c1ccccc1. The van der Waals surface area contributed by atoms with Gasteiger partial charge < -0.3 is 4.74 Å². The molecule has 1 aromatic heterocycles. The van der Waals surface area contributed by atoms with Gasteiger partial charge in [-0.15, -0.1) is 0 Å². The van der Waals surface area contributed by atoms with E-state index in [0.717, 1.165) is 29.4 Å². The number of rotatable bonds is 5. The molecular formula is C20H20N4O. The molecule has 0 amide bonds. The number of ether oxygens (including phenoxy) is 1. The average Bonchev–Trinajstić information content (AvgIpc) is 3.01. The van der Waals surface area contributed by atoms with Crippen LogP contribution in [0, 0.1) is 0 Å². The summed E-state index contributed by atoms with van der Waals surface area (Å²) < 4.78 is 6.24. The smallest absolute Gasteiger partial charge is 0.221 e. The van der Waals surface area contributed by atoms with Gasteiger partial charge in [-0.3, -0.25) is 9.80 Å². The van der Waals surface area contributed by atoms with Crippen LogP contribution in [-0.4, -0.2) is 22.9 Å². The Hall–Kier alpha value is -2.92. The average molecular weight is 332 g/mol. The number of hydrogen-bond acceptors (Lipinski definition) is 5. The number of benzene rings is 2. The third-order valence-electron chi connectivity index (χ3n) is 4.10. The largest absolute Gasteiger partial charge is 0.340 e. The quantitative estimate of drug-likeness (QED) is 0.689. The monoisotopic (exact) mass is 332 g/mol. The topological polar surface area (TPSA) is 41.5 Å². The van der Waals surface area contributed by atoms with E-state index in [1.165, 1.54) is 0 Å². The first kappa shape index (κ1) is 15.6. The molecule has 5 heteroatoms. The van der Waals surface area contributed by atoms with Crippen molar-refractivity contribution in [2.75, 3.05) is 16.4 Å². The number of nitrogens with zero attached hydrogens (tertiary/aromatic N) is 4. The van der Waals surface area contributed by atoms with E-state index in [1.54, 1.807) is 12.4 Å². The summed E-state index contributed by atoms with van der Waals surface area (Å²) in [5.74, 6) is 1.61. The molecule has 25 heavy (non-hydrogen) atoms. The highest BCUT2D eigenvalue weighted by Gasteiger charge is 2.40. The first-order valence-corrected chi connectivity index (χ1v) is 8.51. The Morgan fingerprint density at radius 1 is 0.800 bits per heavy atom. The molecule has 2 aromatic carbocycles. The van der Waals surface area contributed by atoms with Crippen molar-refractivity contribution >= 4 is 23.0 Å². The molecule has 126 valence electrons.